The molecular formula is C27H32N4O4S. The second-order valence-corrected chi connectivity index (χ2v) is 10.1. The number of hydrogen-bond acceptors (Lipinski definition) is 7. The Morgan fingerprint density at radius 3 is 2.67 bits per heavy atom. The average Bonchev–Trinajstić information content (AvgIpc) is 3.16. The van der Waals surface area contributed by atoms with E-state index in [-0.39, 0.29) is 23.9 Å². The van der Waals surface area contributed by atoms with E-state index in [1.165, 1.54) is 11.3 Å². The number of fused-ring (bicyclic) bond motifs is 2. The molecule has 0 saturated carbocycles. The number of thiophene rings is 1. The van der Waals surface area contributed by atoms with Crippen molar-refractivity contribution in [1.29, 1.82) is 0 Å². The molecule has 2 aromatic heterocycles. The summed E-state index contributed by atoms with van der Waals surface area (Å²) in [5.41, 5.74) is 1.62. The van der Waals surface area contributed by atoms with Crippen LogP contribution < -0.4 is 15.2 Å². The predicted molar refractivity (Wildman–Crippen MR) is 144 cm³/mol. The number of carbonyl (C=O) groups is 2. The lowest BCUT2D eigenvalue weighted by Gasteiger charge is -2.29. The molecule has 3 heterocycles. The van der Waals surface area contributed by atoms with Crippen LogP contribution in [0.25, 0.3) is 10.2 Å². The molecule has 4 rings (SSSR count). The van der Waals surface area contributed by atoms with Gasteiger partial charge in [-0.3, -0.25) is 23.9 Å². The highest BCUT2D eigenvalue weighted by atomic mass is 32.1. The van der Waals surface area contributed by atoms with E-state index in [4.69, 9.17) is 9.72 Å². The number of hydrogen-bond donors (Lipinski definition) is 0. The normalized spacial score (nSPS) is 14.2. The van der Waals surface area contributed by atoms with Crippen LogP contribution in [-0.4, -0.2) is 52.4 Å². The molecule has 0 fully saturated rings. The minimum absolute atomic E-state index is 0.0558. The minimum Gasteiger partial charge on any atom is -0.482 e. The van der Waals surface area contributed by atoms with Crippen LogP contribution >= 0.6 is 11.3 Å². The Hall–Kier alpha value is -3.30. The van der Waals surface area contributed by atoms with Gasteiger partial charge in [-0.05, 0) is 57.6 Å². The Morgan fingerprint density at radius 1 is 1.28 bits per heavy atom. The fourth-order valence-electron chi connectivity index (χ4n) is 4.55. The highest BCUT2D eigenvalue weighted by Gasteiger charge is 2.29. The molecule has 9 heteroatoms. The molecule has 0 radical (unpaired) electrons. The molecule has 1 unspecified atom stereocenters. The van der Waals surface area contributed by atoms with E-state index in [0.29, 0.717) is 46.1 Å². The summed E-state index contributed by atoms with van der Waals surface area (Å²) in [6.07, 6.45) is 1.63. The van der Waals surface area contributed by atoms with Gasteiger partial charge in [0.1, 0.15) is 16.4 Å². The maximum atomic E-state index is 13.8. The first-order valence-electron chi connectivity index (χ1n) is 12.2. The topological polar surface area (TPSA) is 84.7 Å². The number of aryl methyl sites for hydroxylation is 2. The highest BCUT2D eigenvalue weighted by Crippen LogP contribution is 2.34. The lowest BCUT2D eigenvalue weighted by molar-refractivity contribution is -0.121. The predicted octanol–water partition coefficient (Wildman–Crippen LogP) is 4.27. The first-order valence-corrected chi connectivity index (χ1v) is 13.0. The third-order valence-corrected chi connectivity index (χ3v) is 7.93. The van der Waals surface area contributed by atoms with Crippen molar-refractivity contribution >= 4 is 38.9 Å². The molecule has 36 heavy (non-hydrogen) atoms. The lowest BCUT2D eigenvalue weighted by Crippen LogP contribution is -2.39. The summed E-state index contributed by atoms with van der Waals surface area (Å²) in [7, 11) is 0. The van der Waals surface area contributed by atoms with Crippen LogP contribution in [0.1, 0.15) is 53.4 Å². The Balaban J connectivity index is 1.82. The van der Waals surface area contributed by atoms with Gasteiger partial charge in [0, 0.05) is 17.0 Å². The van der Waals surface area contributed by atoms with E-state index in [1.54, 1.807) is 40.7 Å². The van der Waals surface area contributed by atoms with E-state index in [1.807, 2.05) is 13.8 Å². The first kappa shape index (κ1) is 25.8. The second-order valence-electron chi connectivity index (χ2n) is 8.93. The molecule has 1 aliphatic heterocycles. The maximum Gasteiger partial charge on any atom is 0.265 e. The number of nitrogens with zero attached hydrogens (tertiary/aromatic N) is 4. The van der Waals surface area contributed by atoms with Gasteiger partial charge in [-0.25, -0.2) is 4.98 Å². The van der Waals surface area contributed by atoms with Crippen LogP contribution in [0.4, 0.5) is 5.69 Å². The van der Waals surface area contributed by atoms with Crippen molar-refractivity contribution in [2.45, 2.75) is 47.2 Å². The molecule has 0 bridgehead atoms. The molecule has 0 aliphatic carbocycles. The molecule has 1 amide bonds. The number of ketones is 1. The summed E-state index contributed by atoms with van der Waals surface area (Å²) < 4.78 is 7.10. The van der Waals surface area contributed by atoms with Gasteiger partial charge < -0.3 is 9.64 Å². The Labute approximate surface area is 214 Å². The van der Waals surface area contributed by atoms with Crippen molar-refractivity contribution in [2.24, 2.45) is 0 Å². The zero-order valence-electron chi connectivity index (χ0n) is 21.5. The van der Waals surface area contributed by atoms with E-state index in [2.05, 4.69) is 25.3 Å². The van der Waals surface area contributed by atoms with Gasteiger partial charge in [-0.15, -0.1) is 17.9 Å². The highest BCUT2D eigenvalue weighted by molar-refractivity contribution is 7.18. The Bertz CT molecular complexity index is 1400. The fourth-order valence-corrected chi connectivity index (χ4v) is 5.59. The van der Waals surface area contributed by atoms with Crippen LogP contribution in [-0.2, 0) is 11.3 Å². The fraction of sp³-hybridized carbons (Fsp3) is 0.407. The number of rotatable bonds is 9. The SMILES string of the molecule is C=CCN1C(=O)COc2ccc(C(=O)C(C)n3c(CN(CC)CC)nc4sc(C)c(C)c4c3=O)cc21. The van der Waals surface area contributed by atoms with Gasteiger partial charge in [0.2, 0.25) is 0 Å². The summed E-state index contributed by atoms with van der Waals surface area (Å²) in [5, 5.41) is 0.571. The molecule has 0 N–H and O–H groups in total. The summed E-state index contributed by atoms with van der Waals surface area (Å²) in [4.78, 5) is 50.3. The number of ether oxygens (including phenoxy) is 1. The van der Waals surface area contributed by atoms with Crippen molar-refractivity contribution in [3.05, 3.63) is 63.0 Å². The number of Topliss-reactive ketones (excluding diaryl/α,β-unsaturated/α-hetero) is 1. The van der Waals surface area contributed by atoms with Gasteiger partial charge in [0.05, 0.1) is 23.7 Å². The Morgan fingerprint density at radius 2 is 2.00 bits per heavy atom. The lowest BCUT2D eigenvalue weighted by atomic mass is 10.0. The van der Waals surface area contributed by atoms with Crippen molar-refractivity contribution in [1.82, 2.24) is 14.5 Å². The number of carbonyl (C=O) groups excluding carboxylic acids is 2. The molecule has 0 spiro atoms. The van der Waals surface area contributed by atoms with Crippen molar-refractivity contribution < 1.29 is 14.3 Å². The molecule has 8 nitrogen and oxygen atoms in total. The minimum atomic E-state index is -0.786. The van der Waals surface area contributed by atoms with Crippen LogP contribution in [0.3, 0.4) is 0 Å². The maximum absolute atomic E-state index is 13.8. The molecular weight excluding hydrogens is 476 g/mol. The van der Waals surface area contributed by atoms with Crippen molar-refractivity contribution in [3.63, 3.8) is 0 Å². The van der Waals surface area contributed by atoms with Crippen LogP contribution in [0.15, 0.2) is 35.6 Å². The molecule has 0 saturated heterocycles. The van der Waals surface area contributed by atoms with Crippen LogP contribution in [0.5, 0.6) is 5.75 Å². The second kappa shape index (κ2) is 10.4. The number of benzene rings is 1. The summed E-state index contributed by atoms with van der Waals surface area (Å²) in [6.45, 7) is 15.8. The van der Waals surface area contributed by atoms with Crippen LogP contribution in [0.2, 0.25) is 0 Å². The smallest absolute Gasteiger partial charge is 0.265 e. The molecule has 190 valence electrons. The van der Waals surface area contributed by atoms with Gasteiger partial charge >= 0.3 is 0 Å². The van der Waals surface area contributed by atoms with E-state index in [0.717, 1.165) is 23.5 Å². The Kier molecular flexibility index (Phi) is 7.42. The van der Waals surface area contributed by atoms with E-state index >= 15 is 0 Å². The van der Waals surface area contributed by atoms with Gasteiger partial charge in [0.25, 0.3) is 11.5 Å². The zero-order chi connectivity index (χ0) is 26.1. The zero-order valence-corrected chi connectivity index (χ0v) is 22.3. The quantitative estimate of drug-likeness (QED) is 0.317. The van der Waals surface area contributed by atoms with Crippen LogP contribution in [0, 0.1) is 13.8 Å². The summed E-state index contributed by atoms with van der Waals surface area (Å²) in [5.74, 6) is 0.675. The third-order valence-electron chi connectivity index (χ3n) is 6.83. The van der Waals surface area contributed by atoms with E-state index < -0.39 is 6.04 Å². The van der Waals surface area contributed by atoms with Gasteiger partial charge in [0.15, 0.2) is 12.4 Å². The molecule has 1 aliphatic rings. The first-order chi connectivity index (χ1) is 17.2. The summed E-state index contributed by atoms with van der Waals surface area (Å²) in [6, 6.07) is 4.26. The van der Waals surface area contributed by atoms with Crippen molar-refractivity contribution in [2.75, 3.05) is 31.1 Å². The molecule has 3 aromatic rings. The standard InChI is InChI=1S/C27H32N4O4S/c1-7-12-30-20-13-19(10-11-21(20)35-15-23(30)32)25(33)17(5)31-22(14-29(8-2)9-3)28-26-24(27(31)34)16(4)18(6)36-26/h7,10-11,13,17H,1,8-9,12,14-15H2,2-6H3. The third kappa shape index (κ3) is 4.49. The average molecular weight is 509 g/mol. The summed E-state index contributed by atoms with van der Waals surface area (Å²) >= 11 is 1.51. The number of amides is 1. The molecule has 1 aromatic carbocycles. The monoisotopic (exact) mass is 508 g/mol. The number of aromatic nitrogens is 2. The van der Waals surface area contributed by atoms with Gasteiger partial charge in [-0.1, -0.05) is 19.9 Å². The largest absolute Gasteiger partial charge is 0.482 e. The van der Waals surface area contributed by atoms with Crippen molar-refractivity contribution in [3.8, 4) is 5.75 Å². The number of anilines is 1. The van der Waals surface area contributed by atoms with Gasteiger partial charge in [-0.2, -0.15) is 0 Å². The van der Waals surface area contributed by atoms with E-state index in [9.17, 15) is 14.4 Å². The molecule has 1 atom stereocenters.